The van der Waals surface area contributed by atoms with Gasteiger partial charge in [0.25, 0.3) is 0 Å². The fourth-order valence-corrected chi connectivity index (χ4v) is 1.47. The van der Waals surface area contributed by atoms with Gasteiger partial charge in [0.2, 0.25) is 5.91 Å². The first-order valence-electron chi connectivity index (χ1n) is 4.47. The molecule has 0 radical (unpaired) electrons. The summed E-state index contributed by atoms with van der Waals surface area (Å²) in [4.78, 5) is 10.8. The monoisotopic (exact) mass is 204 g/mol. The molecule has 6 nitrogen and oxygen atoms in total. The van der Waals surface area contributed by atoms with Gasteiger partial charge in [-0.2, -0.15) is 0 Å². The number of nitrogens with two attached hydrogens (primary N) is 1. The van der Waals surface area contributed by atoms with Crippen molar-refractivity contribution in [3.05, 3.63) is 0 Å². The fourth-order valence-electron chi connectivity index (χ4n) is 1.47. The van der Waals surface area contributed by atoms with Crippen molar-refractivity contribution in [2.75, 3.05) is 0 Å². The largest absolute Gasteiger partial charge is 0.389 e. The van der Waals surface area contributed by atoms with Crippen LogP contribution in [0.25, 0.3) is 0 Å². The average Bonchev–Trinajstić information content (AvgIpc) is 2.09. The van der Waals surface area contributed by atoms with Gasteiger partial charge in [-0.3, -0.25) is 4.79 Å². The van der Waals surface area contributed by atoms with E-state index in [-0.39, 0.29) is 5.91 Å². The van der Waals surface area contributed by atoms with E-state index in [0.717, 1.165) is 0 Å². The van der Waals surface area contributed by atoms with E-state index < -0.39 is 30.6 Å². The maximum Gasteiger partial charge on any atom is 0.217 e. The van der Waals surface area contributed by atoms with Gasteiger partial charge in [0.15, 0.2) is 6.29 Å². The van der Waals surface area contributed by atoms with Gasteiger partial charge in [0.1, 0.15) is 6.04 Å². The summed E-state index contributed by atoms with van der Waals surface area (Å²) < 4.78 is 5.04. The van der Waals surface area contributed by atoms with Crippen LogP contribution in [0.2, 0.25) is 0 Å². The molecule has 0 aromatic rings. The van der Waals surface area contributed by atoms with E-state index in [9.17, 15) is 15.0 Å². The van der Waals surface area contributed by atoms with Gasteiger partial charge in [0.05, 0.1) is 18.2 Å². The third-order valence-corrected chi connectivity index (χ3v) is 2.34. The molecule has 1 aliphatic heterocycles. The van der Waals surface area contributed by atoms with Crippen molar-refractivity contribution in [3.63, 3.8) is 0 Å². The van der Waals surface area contributed by atoms with Gasteiger partial charge >= 0.3 is 0 Å². The smallest absolute Gasteiger partial charge is 0.217 e. The van der Waals surface area contributed by atoms with Crippen LogP contribution in [-0.2, 0) is 9.53 Å². The highest BCUT2D eigenvalue weighted by Gasteiger charge is 2.41. The Hall–Kier alpha value is -0.690. The van der Waals surface area contributed by atoms with Crippen LogP contribution in [0.15, 0.2) is 0 Å². The number of aliphatic hydroxyl groups excluding tert-OH is 2. The number of carbonyl (C=O) groups excluding carboxylic acids is 1. The second-order valence-electron chi connectivity index (χ2n) is 3.53. The summed E-state index contributed by atoms with van der Waals surface area (Å²) in [5.74, 6) is -0.349. The minimum absolute atomic E-state index is 0.349. The minimum atomic E-state index is -1.22. The number of carbonyl (C=O) groups is 1. The molecule has 1 fully saturated rings. The third kappa shape index (κ3) is 2.21. The normalized spacial score (nSPS) is 43.4. The first-order valence-corrected chi connectivity index (χ1v) is 4.47. The Morgan fingerprint density at radius 2 is 2.07 bits per heavy atom. The van der Waals surface area contributed by atoms with Gasteiger partial charge in [-0.1, -0.05) is 0 Å². The van der Waals surface area contributed by atoms with Crippen molar-refractivity contribution in [2.45, 2.75) is 44.4 Å². The van der Waals surface area contributed by atoms with Crippen molar-refractivity contribution in [1.29, 1.82) is 0 Å². The van der Waals surface area contributed by atoms with Crippen LogP contribution in [0.3, 0.4) is 0 Å². The van der Waals surface area contributed by atoms with Crippen LogP contribution >= 0.6 is 0 Å². The van der Waals surface area contributed by atoms with Crippen LogP contribution in [0.4, 0.5) is 0 Å². The summed E-state index contributed by atoms with van der Waals surface area (Å²) in [6.07, 6.45) is -2.66. The molecule has 5 N–H and O–H groups in total. The molecule has 0 bridgehead atoms. The maximum atomic E-state index is 10.8. The second kappa shape index (κ2) is 4.22. The van der Waals surface area contributed by atoms with Crippen molar-refractivity contribution in [2.24, 2.45) is 5.73 Å². The van der Waals surface area contributed by atoms with Crippen molar-refractivity contribution in [3.8, 4) is 0 Å². The van der Waals surface area contributed by atoms with Crippen LogP contribution in [0.5, 0.6) is 0 Å². The lowest BCUT2D eigenvalue weighted by Crippen LogP contribution is -2.65. The summed E-state index contributed by atoms with van der Waals surface area (Å²) in [6, 6.07) is -1.48. The SMILES string of the molecule is CC(=O)N[C@H]1[C@@H](O)[C@@H](N)[C@@H](C)O[C@@H]1O. The summed E-state index contributed by atoms with van der Waals surface area (Å²) >= 11 is 0. The summed E-state index contributed by atoms with van der Waals surface area (Å²) in [5.41, 5.74) is 5.61. The van der Waals surface area contributed by atoms with E-state index in [1.807, 2.05) is 0 Å². The zero-order valence-corrected chi connectivity index (χ0v) is 8.18. The molecule has 0 spiro atoms. The topological polar surface area (TPSA) is 105 Å². The van der Waals surface area contributed by atoms with Crippen LogP contribution in [0.1, 0.15) is 13.8 Å². The Bertz CT molecular complexity index is 223. The summed E-state index contributed by atoms with van der Waals surface area (Å²) in [7, 11) is 0. The highest BCUT2D eigenvalue weighted by molar-refractivity contribution is 5.73. The number of ether oxygens (including phenoxy) is 1. The molecule has 0 saturated carbocycles. The number of hydrogen-bond acceptors (Lipinski definition) is 5. The number of hydrogen-bond donors (Lipinski definition) is 4. The number of amides is 1. The van der Waals surface area contributed by atoms with E-state index in [4.69, 9.17) is 10.5 Å². The average molecular weight is 204 g/mol. The lowest BCUT2D eigenvalue weighted by molar-refractivity contribution is -0.210. The molecule has 0 unspecified atom stereocenters. The van der Waals surface area contributed by atoms with Crippen molar-refractivity contribution >= 4 is 5.91 Å². The lowest BCUT2D eigenvalue weighted by atomic mass is 9.96. The Labute approximate surface area is 82.0 Å². The molecule has 0 aromatic heterocycles. The maximum absolute atomic E-state index is 10.8. The number of nitrogens with one attached hydrogen (secondary N) is 1. The Kier molecular flexibility index (Phi) is 3.43. The molecule has 0 aliphatic carbocycles. The molecule has 82 valence electrons. The molecule has 5 atom stereocenters. The summed E-state index contributed by atoms with van der Waals surface area (Å²) in [5, 5.41) is 21.5. The molecule has 1 rings (SSSR count). The minimum Gasteiger partial charge on any atom is -0.389 e. The summed E-state index contributed by atoms with van der Waals surface area (Å²) in [6.45, 7) is 2.95. The predicted octanol–water partition coefficient (Wildman–Crippen LogP) is -2.08. The highest BCUT2D eigenvalue weighted by atomic mass is 16.6. The molecule has 1 aliphatic rings. The van der Waals surface area contributed by atoms with Crippen molar-refractivity contribution < 1.29 is 19.7 Å². The van der Waals surface area contributed by atoms with E-state index in [1.165, 1.54) is 6.92 Å². The van der Waals surface area contributed by atoms with E-state index >= 15 is 0 Å². The molecular weight excluding hydrogens is 188 g/mol. The Balaban J connectivity index is 2.68. The van der Waals surface area contributed by atoms with E-state index in [0.29, 0.717) is 0 Å². The van der Waals surface area contributed by atoms with Gasteiger partial charge < -0.3 is 26.0 Å². The molecule has 14 heavy (non-hydrogen) atoms. The fraction of sp³-hybridized carbons (Fsp3) is 0.875. The predicted molar refractivity (Wildman–Crippen MR) is 48.1 cm³/mol. The zero-order chi connectivity index (χ0) is 10.9. The first-order chi connectivity index (χ1) is 6.43. The first kappa shape index (κ1) is 11.4. The van der Waals surface area contributed by atoms with Crippen LogP contribution in [-0.4, -0.2) is 46.7 Å². The highest BCUT2D eigenvalue weighted by Crippen LogP contribution is 2.17. The lowest BCUT2D eigenvalue weighted by Gasteiger charge is -2.40. The molecule has 1 heterocycles. The molecule has 1 saturated heterocycles. The quantitative estimate of drug-likeness (QED) is 0.392. The van der Waals surface area contributed by atoms with Crippen LogP contribution in [0, 0.1) is 0 Å². The standard InChI is InChI=1S/C8H16N2O4/c1-3-5(9)7(12)6(8(13)14-3)10-4(2)11/h3,5-8,12-13H,9H2,1-2H3,(H,10,11)/t3-,5+,6+,7+,8+/m1/s1. The van der Waals surface area contributed by atoms with Crippen LogP contribution < -0.4 is 11.1 Å². The van der Waals surface area contributed by atoms with E-state index in [2.05, 4.69) is 5.32 Å². The van der Waals surface area contributed by atoms with E-state index in [1.54, 1.807) is 6.92 Å². The molecular formula is C8H16N2O4. The number of rotatable bonds is 1. The molecule has 6 heteroatoms. The Morgan fingerprint density at radius 1 is 1.50 bits per heavy atom. The molecule has 0 aromatic carbocycles. The second-order valence-corrected chi connectivity index (χ2v) is 3.53. The van der Waals surface area contributed by atoms with Crippen molar-refractivity contribution in [1.82, 2.24) is 5.32 Å². The Morgan fingerprint density at radius 3 is 2.57 bits per heavy atom. The zero-order valence-electron chi connectivity index (χ0n) is 8.18. The van der Waals surface area contributed by atoms with Gasteiger partial charge in [-0.25, -0.2) is 0 Å². The van der Waals surface area contributed by atoms with Gasteiger partial charge in [-0.15, -0.1) is 0 Å². The van der Waals surface area contributed by atoms with Gasteiger partial charge in [-0.05, 0) is 6.92 Å². The number of aliphatic hydroxyl groups is 2. The van der Waals surface area contributed by atoms with Gasteiger partial charge in [0, 0.05) is 6.92 Å². The third-order valence-electron chi connectivity index (χ3n) is 2.34. The molecule has 1 amide bonds.